The molecule has 2 aliphatic rings. The van der Waals surface area contributed by atoms with Crippen LogP contribution in [0.5, 0.6) is 0 Å². The number of carbonyl (C=O) groups is 1. The molecule has 1 N–H and O–H groups in total. The number of urea groups is 1. The number of nitrogens with one attached hydrogen (secondary N) is 1. The summed E-state index contributed by atoms with van der Waals surface area (Å²) in [7, 11) is 0. The molecule has 2 fully saturated rings. The highest BCUT2D eigenvalue weighted by molar-refractivity contribution is 5.74. The summed E-state index contributed by atoms with van der Waals surface area (Å²) in [6.45, 7) is 9.55. The van der Waals surface area contributed by atoms with E-state index >= 15 is 0 Å². The molecule has 2 aliphatic heterocycles. The second kappa shape index (κ2) is 4.59. The zero-order chi connectivity index (χ0) is 11.6. The van der Waals surface area contributed by atoms with E-state index in [1.807, 2.05) is 23.6 Å². The molecule has 0 unspecified atom stereocenters. The first kappa shape index (κ1) is 11.7. The number of nitrogens with zero attached hydrogens (tertiary/aromatic N) is 2. The average Bonchev–Trinajstić information content (AvgIpc) is 2.28. The minimum absolute atomic E-state index is 0.165. The lowest BCUT2D eigenvalue weighted by molar-refractivity contribution is -0.0766. The first-order chi connectivity index (χ1) is 7.58. The van der Waals surface area contributed by atoms with Crippen molar-refractivity contribution in [2.75, 3.05) is 45.9 Å². The second-order valence-corrected chi connectivity index (χ2v) is 5.05. The molecule has 2 amide bonds. The van der Waals surface area contributed by atoms with Crippen LogP contribution in [0.4, 0.5) is 4.79 Å². The normalized spacial score (nSPS) is 25.6. The van der Waals surface area contributed by atoms with Crippen molar-refractivity contribution < 1.29 is 9.53 Å². The van der Waals surface area contributed by atoms with Crippen LogP contribution < -0.4 is 5.32 Å². The first-order valence-corrected chi connectivity index (χ1v) is 5.97. The lowest BCUT2D eigenvalue weighted by Gasteiger charge is -2.41. The molecule has 2 heterocycles. The van der Waals surface area contributed by atoms with Crippen molar-refractivity contribution in [2.24, 2.45) is 0 Å². The Labute approximate surface area is 96.7 Å². The summed E-state index contributed by atoms with van der Waals surface area (Å²) in [4.78, 5) is 16.0. The largest absolute Gasteiger partial charge is 0.372 e. The van der Waals surface area contributed by atoms with E-state index in [9.17, 15) is 4.79 Å². The zero-order valence-corrected chi connectivity index (χ0v) is 10.2. The summed E-state index contributed by atoms with van der Waals surface area (Å²) >= 11 is 0. The van der Waals surface area contributed by atoms with Gasteiger partial charge in [-0.3, -0.25) is 0 Å². The molecule has 0 aromatic carbocycles. The van der Waals surface area contributed by atoms with Crippen molar-refractivity contribution in [3.63, 3.8) is 0 Å². The van der Waals surface area contributed by atoms with Gasteiger partial charge < -0.3 is 19.9 Å². The van der Waals surface area contributed by atoms with Gasteiger partial charge in [0.15, 0.2) is 0 Å². The quantitative estimate of drug-likeness (QED) is 0.639. The van der Waals surface area contributed by atoms with Crippen molar-refractivity contribution in [1.82, 2.24) is 15.1 Å². The van der Waals surface area contributed by atoms with Gasteiger partial charge in [0, 0.05) is 32.7 Å². The minimum atomic E-state index is -0.206. The van der Waals surface area contributed by atoms with E-state index in [1.54, 1.807) is 0 Å². The summed E-state index contributed by atoms with van der Waals surface area (Å²) in [5, 5.41) is 3.25. The van der Waals surface area contributed by atoms with Crippen LogP contribution in [-0.2, 0) is 4.74 Å². The summed E-state index contributed by atoms with van der Waals surface area (Å²) in [6.07, 6.45) is 0. The highest BCUT2D eigenvalue weighted by Gasteiger charge is 2.32. The third-order valence-electron chi connectivity index (χ3n) is 3.08. The number of carbonyl (C=O) groups excluding carboxylic acids is 1. The standard InChI is InChI=1S/C11H21N3O2/c1-11(2)9-14(7-8-16-11)10(15)13-5-3-12-4-6-13/h12H,3-9H2,1-2H3. The van der Waals surface area contributed by atoms with E-state index < -0.39 is 0 Å². The molecule has 0 aromatic heterocycles. The maximum absolute atomic E-state index is 12.2. The average molecular weight is 227 g/mol. The summed E-state index contributed by atoms with van der Waals surface area (Å²) < 4.78 is 5.61. The zero-order valence-electron chi connectivity index (χ0n) is 10.2. The minimum Gasteiger partial charge on any atom is -0.372 e. The predicted molar refractivity (Wildman–Crippen MR) is 61.4 cm³/mol. The van der Waals surface area contributed by atoms with Crippen LogP contribution in [0.25, 0.3) is 0 Å². The molecule has 2 rings (SSSR count). The highest BCUT2D eigenvalue weighted by Crippen LogP contribution is 2.17. The summed E-state index contributed by atoms with van der Waals surface area (Å²) in [5.41, 5.74) is -0.206. The van der Waals surface area contributed by atoms with Crippen LogP contribution in [0.1, 0.15) is 13.8 Å². The Morgan fingerprint density at radius 3 is 2.50 bits per heavy atom. The van der Waals surface area contributed by atoms with E-state index in [0.717, 1.165) is 26.2 Å². The molecule has 5 nitrogen and oxygen atoms in total. The van der Waals surface area contributed by atoms with Gasteiger partial charge in [-0.05, 0) is 13.8 Å². The first-order valence-electron chi connectivity index (χ1n) is 5.97. The van der Waals surface area contributed by atoms with E-state index in [0.29, 0.717) is 19.7 Å². The van der Waals surface area contributed by atoms with Crippen LogP contribution in [0.15, 0.2) is 0 Å². The Morgan fingerprint density at radius 2 is 1.88 bits per heavy atom. The van der Waals surface area contributed by atoms with Crippen molar-refractivity contribution in [1.29, 1.82) is 0 Å². The smallest absolute Gasteiger partial charge is 0.320 e. The third-order valence-corrected chi connectivity index (χ3v) is 3.08. The predicted octanol–water partition coefficient (Wildman–Crippen LogP) is 0.122. The highest BCUT2D eigenvalue weighted by atomic mass is 16.5. The molecular weight excluding hydrogens is 206 g/mol. The fourth-order valence-corrected chi connectivity index (χ4v) is 2.24. The van der Waals surface area contributed by atoms with Gasteiger partial charge in [0.2, 0.25) is 0 Å². The molecule has 0 atom stereocenters. The molecular formula is C11H21N3O2. The molecule has 0 spiro atoms. The Balaban J connectivity index is 1.93. The lowest BCUT2D eigenvalue weighted by atomic mass is 10.1. The number of ether oxygens (including phenoxy) is 1. The van der Waals surface area contributed by atoms with Gasteiger partial charge in [-0.1, -0.05) is 0 Å². The lowest BCUT2D eigenvalue weighted by Crippen LogP contribution is -2.57. The van der Waals surface area contributed by atoms with Gasteiger partial charge in [-0.15, -0.1) is 0 Å². The topological polar surface area (TPSA) is 44.8 Å². The van der Waals surface area contributed by atoms with Crippen molar-refractivity contribution in [3.05, 3.63) is 0 Å². The van der Waals surface area contributed by atoms with Crippen molar-refractivity contribution in [3.8, 4) is 0 Å². The summed E-state index contributed by atoms with van der Waals surface area (Å²) in [6, 6.07) is 0.165. The van der Waals surface area contributed by atoms with Crippen LogP contribution >= 0.6 is 0 Å². The molecule has 0 saturated carbocycles. The molecule has 5 heteroatoms. The van der Waals surface area contributed by atoms with Crippen molar-refractivity contribution in [2.45, 2.75) is 19.4 Å². The fraction of sp³-hybridized carbons (Fsp3) is 0.909. The van der Waals surface area contributed by atoms with Crippen LogP contribution in [0, 0.1) is 0 Å². The Bertz CT molecular complexity index is 262. The van der Waals surface area contributed by atoms with Gasteiger partial charge in [0.25, 0.3) is 0 Å². The number of amides is 2. The SMILES string of the molecule is CC1(C)CN(C(=O)N2CCNCC2)CCO1. The molecule has 0 aliphatic carbocycles. The third kappa shape index (κ3) is 2.65. The molecule has 16 heavy (non-hydrogen) atoms. The Kier molecular flexibility index (Phi) is 3.35. The number of hydrogen-bond donors (Lipinski definition) is 1. The number of hydrogen-bond acceptors (Lipinski definition) is 3. The van der Waals surface area contributed by atoms with E-state index in [-0.39, 0.29) is 11.6 Å². The van der Waals surface area contributed by atoms with Crippen LogP contribution in [0.2, 0.25) is 0 Å². The molecule has 92 valence electrons. The second-order valence-electron chi connectivity index (χ2n) is 5.05. The van der Waals surface area contributed by atoms with Gasteiger partial charge in [-0.2, -0.15) is 0 Å². The van der Waals surface area contributed by atoms with Crippen LogP contribution in [0.3, 0.4) is 0 Å². The summed E-state index contributed by atoms with van der Waals surface area (Å²) in [5.74, 6) is 0. The number of rotatable bonds is 0. The number of piperazine rings is 1. The molecule has 0 aromatic rings. The van der Waals surface area contributed by atoms with E-state index in [2.05, 4.69) is 5.32 Å². The van der Waals surface area contributed by atoms with Gasteiger partial charge in [0.1, 0.15) is 0 Å². The monoisotopic (exact) mass is 227 g/mol. The number of morpholine rings is 1. The maximum Gasteiger partial charge on any atom is 0.320 e. The van der Waals surface area contributed by atoms with Gasteiger partial charge in [0.05, 0.1) is 18.8 Å². The van der Waals surface area contributed by atoms with E-state index in [1.165, 1.54) is 0 Å². The van der Waals surface area contributed by atoms with Crippen molar-refractivity contribution >= 4 is 6.03 Å². The maximum atomic E-state index is 12.2. The van der Waals surface area contributed by atoms with E-state index in [4.69, 9.17) is 4.74 Å². The molecule has 0 radical (unpaired) electrons. The van der Waals surface area contributed by atoms with Crippen LogP contribution in [-0.4, -0.2) is 67.3 Å². The molecule has 0 bridgehead atoms. The van der Waals surface area contributed by atoms with Gasteiger partial charge in [-0.25, -0.2) is 4.79 Å². The Morgan fingerprint density at radius 1 is 1.19 bits per heavy atom. The molecule has 2 saturated heterocycles. The van der Waals surface area contributed by atoms with Gasteiger partial charge >= 0.3 is 6.03 Å². The Hall–Kier alpha value is -0.810. The fourth-order valence-electron chi connectivity index (χ4n) is 2.24.